The predicted octanol–water partition coefficient (Wildman–Crippen LogP) is 2.54. The zero-order chi connectivity index (χ0) is 12.8. The number of hydrogen-bond acceptors (Lipinski definition) is 2. The second-order valence-corrected chi connectivity index (χ2v) is 4.23. The molecular formula is C12H12Cl2N2O. The normalized spacial score (nSPS) is 11.4. The Morgan fingerprint density at radius 3 is 2.76 bits per heavy atom. The van der Waals surface area contributed by atoms with Gasteiger partial charge < -0.3 is 10.6 Å². The van der Waals surface area contributed by atoms with Gasteiger partial charge in [0.1, 0.15) is 6.04 Å². The molecule has 2 N–H and O–H groups in total. The molecule has 0 aliphatic heterocycles. The van der Waals surface area contributed by atoms with Crippen LogP contribution in [0.15, 0.2) is 18.2 Å². The van der Waals surface area contributed by atoms with Crippen molar-refractivity contribution in [3.8, 4) is 12.3 Å². The van der Waals surface area contributed by atoms with Crippen molar-refractivity contribution in [3.05, 3.63) is 28.2 Å². The number of halogens is 2. The second-order valence-electron chi connectivity index (χ2n) is 3.42. The highest BCUT2D eigenvalue weighted by Gasteiger charge is 2.11. The van der Waals surface area contributed by atoms with E-state index in [2.05, 4.69) is 16.6 Å². The third-order valence-electron chi connectivity index (χ3n) is 2.06. The van der Waals surface area contributed by atoms with Crippen LogP contribution >= 0.6 is 23.2 Å². The SMILES string of the molecule is C#CCNC(=O)C(C)Nc1ccc(Cl)c(Cl)c1. The molecule has 0 radical (unpaired) electrons. The lowest BCUT2D eigenvalue weighted by Crippen LogP contribution is -2.37. The van der Waals surface area contributed by atoms with Crippen molar-refractivity contribution in [3.63, 3.8) is 0 Å². The molecule has 0 aromatic heterocycles. The lowest BCUT2D eigenvalue weighted by Gasteiger charge is -2.14. The molecule has 1 atom stereocenters. The Labute approximate surface area is 110 Å². The summed E-state index contributed by atoms with van der Waals surface area (Å²) in [6.07, 6.45) is 5.05. The highest BCUT2D eigenvalue weighted by atomic mass is 35.5. The van der Waals surface area contributed by atoms with Crippen LogP contribution in [0.25, 0.3) is 0 Å². The van der Waals surface area contributed by atoms with E-state index in [0.29, 0.717) is 10.0 Å². The molecule has 0 bridgehead atoms. The molecule has 1 aromatic rings. The van der Waals surface area contributed by atoms with Crippen molar-refractivity contribution in [2.45, 2.75) is 13.0 Å². The van der Waals surface area contributed by atoms with Crippen LogP contribution in [0.5, 0.6) is 0 Å². The monoisotopic (exact) mass is 270 g/mol. The number of hydrogen-bond donors (Lipinski definition) is 2. The van der Waals surface area contributed by atoms with Crippen LogP contribution in [-0.2, 0) is 4.79 Å². The van der Waals surface area contributed by atoms with Gasteiger partial charge in [-0.2, -0.15) is 0 Å². The predicted molar refractivity (Wildman–Crippen MR) is 71.4 cm³/mol. The van der Waals surface area contributed by atoms with Crippen molar-refractivity contribution < 1.29 is 4.79 Å². The van der Waals surface area contributed by atoms with E-state index in [1.165, 1.54) is 0 Å². The maximum atomic E-state index is 11.5. The first-order chi connectivity index (χ1) is 8.04. The summed E-state index contributed by atoms with van der Waals surface area (Å²) < 4.78 is 0. The minimum Gasteiger partial charge on any atom is -0.374 e. The Kier molecular flexibility index (Phi) is 5.14. The molecule has 17 heavy (non-hydrogen) atoms. The number of amides is 1. The van der Waals surface area contributed by atoms with E-state index < -0.39 is 6.04 Å². The summed E-state index contributed by atoms with van der Waals surface area (Å²) in [5, 5.41) is 6.49. The molecule has 0 spiro atoms. The topological polar surface area (TPSA) is 41.1 Å². The summed E-state index contributed by atoms with van der Waals surface area (Å²) in [6.45, 7) is 1.95. The molecule has 0 saturated carbocycles. The Morgan fingerprint density at radius 2 is 2.18 bits per heavy atom. The molecule has 0 saturated heterocycles. The maximum Gasteiger partial charge on any atom is 0.242 e. The van der Waals surface area contributed by atoms with E-state index in [9.17, 15) is 4.79 Å². The van der Waals surface area contributed by atoms with E-state index in [1.807, 2.05) is 0 Å². The summed E-state index contributed by atoms with van der Waals surface area (Å²) in [5.74, 6) is 2.16. The Morgan fingerprint density at radius 1 is 1.47 bits per heavy atom. The minimum absolute atomic E-state index is 0.172. The molecule has 1 rings (SSSR count). The summed E-state index contributed by atoms with van der Waals surface area (Å²) in [5.41, 5.74) is 0.725. The molecule has 1 aromatic carbocycles. The number of terminal acetylenes is 1. The number of anilines is 1. The van der Waals surface area contributed by atoms with Gasteiger partial charge in [0.15, 0.2) is 0 Å². The molecule has 5 heteroatoms. The number of carbonyl (C=O) groups excluding carboxylic acids is 1. The molecule has 0 heterocycles. The molecule has 1 unspecified atom stereocenters. The summed E-state index contributed by atoms with van der Waals surface area (Å²) >= 11 is 11.6. The van der Waals surface area contributed by atoms with Crippen LogP contribution in [0.2, 0.25) is 10.0 Å². The summed E-state index contributed by atoms with van der Waals surface area (Å²) in [7, 11) is 0. The molecule has 0 fully saturated rings. The molecule has 0 aliphatic rings. The van der Waals surface area contributed by atoms with Crippen LogP contribution in [0.4, 0.5) is 5.69 Å². The van der Waals surface area contributed by atoms with Crippen molar-refractivity contribution >= 4 is 34.8 Å². The first kappa shape index (κ1) is 13.7. The van der Waals surface area contributed by atoms with Gasteiger partial charge in [-0.05, 0) is 25.1 Å². The molecule has 3 nitrogen and oxygen atoms in total. The Hall–Kier alpha value is -1.37. The van der Waals surface area contributed by atoms with E-state index >= 15 is 0 Å². The average molecular weight is 271 g/mol. The van der Waals surface area contributed by atoms with E-state index in [0.717, 1.165) is 5.69 Å². The van der Waals surface area contributed by atoms with Crippen LogP contribution in [0, 0.1) is 12.3 Å². The van der Waals surface area contributed by atoms with E-state index in [1.54, 1.807) is 25.1 Å². The fourth-order valence-electron chi connectivity index (χ4n) is 1.19. The number of nitrogens with one attached hydrogen (secondary N) is 2. The van der Waals surface area contributed by atoms with Gasteiger partial charge in [-0.1, -0.05) is 29.1 Å². The molecular weight excluding hydrogens is 259 g/mol. The summed E-state index contributed by atoms with van der Waals surface area (Å²) in [6, 6.07) is 4.67. The smallest absolute Gasteiger partial charge is 0.242 e. The molecule has 0 aliphatic carbocycles. The number of carbonyl (C=O) groups is 1. The van der Waals surface area contributed by atoms with Crippen molar-refractivity contribution in [2.75, 3.05) is 11.9 Å². The third-order valence-corrected chi connectivity index (χ3v) is 2.80. The average Bonchev–Trinajstić information content (AvgIpc) is 2.30. The largest absolute Gasteiger partial charge is 0.374 e. The number of benzene rings is 1. The van der Waals surface area contributed by atoms with Crippen LogP contribution in [0.1, 0.15) is 6.92 Å². The van der Waals surface area contributed by atoms with Gasteiger partial charge in [0.2, 0.25) is 5.91 Å². The fourth-order valence-corrected chi connectivity index (χ4v) is 1.49. The van der Waals surface area contributed by atoms with E-state index in [-0.39, 0.29) is 12.5 Å². The third kappa shape index (κ3) is 4.18. The zero-order valence-electron chi connectivity index (χ0n) is 9.26. The van der Waals surface area contributed by atoms with Crippen LogP contribution in [-0.4, -0.2) is 18.5 Å². The first-order valence-corrected chi connectivity index (χ1v) is 5.73. The van der Waals surface area contributed by atoms with Gasteiger partial charge >= 0.3 is 0 Å². The van der Waals surface area contributed by atoms with Crippen LogP contribution in [0.3, 0.4) is 0 Å². The summed E-state index contributed by atoms with van der Waals surface area (Å²) in [4.78, 5) is 11.5. The van der Waals surface area contributed by atoms with Gasteiger partial charge in [-0.15, -0.1) is 6.42 Å². The maximum absolute atomic E-state index is 11.5. The highest BCUT2D eigenvalue weighted by Crippen LogP contribution is 2.25. The van der Waals surface area contributed by atoms with Gasteiger partial charge in [-0.25, -0.2) is 0 Å². The van der Waals surface area contributed by atoms with Gasteiger partial charge in [-0.3, -0.25) is 4.79 Å². The van der Waals surface area contributed by atoms with E-state index in [4.69, 9.17) is 29.6 Å². The Bertz CT molecular complexity index is 454. The lowest BCUT2D eigenvalue weighted by molar-refractivity contribution is -0.121. The zero-order valence-corrected chi connectivity index (χ0v) is 10.8. The van der Waals surface area contributed by atoms with Gasteiger partial charge in [0, 0.05) is 5.69 Å². The Balaban J connectivity index is 2.62. The van der Waals surface area contributed by atoms with Crippen molar-refractivity contribution in [1.29, 1.82) is 0 Å². The van der Waals surface area contributed by atoms with Gasteiger partial charge in [0.25, 0.3) is 0 Å². The van der Waals surface area contributed by atoms with Crippen LogP contribution < -0.4 is 10.6 Å². The number of rotatable bonds is 4. The first-order valence-electron chi connectivity index (χ1n) is 4.97. The van der Waals surface area contributed by atoms with Gasteiger partial charge in [0.05, 0.1) is 16.6 Å². The molecule has 1 amide bonds. The fraction of sp³-hybridized carbons (Fsp3) is 0.250. The second kappa shape index (κ2) is 6.39. The minimum atomic E-state index is -0.402. The standard InChI is InChI=1S/C12H12Cl2N2O/c1-3-6-15-12(17)8(2)16-9-4-5-10(13)11(14)7-9/h1,4-5,7-8,16H,6H2,2H3,(H,15,17). The lowest BCUT2D eigenvalue weighted by atomic mass is 10.2. The highest BCUT2D eigenvalue weighted by molar-refractivity contribution is 6.42. The quantitative estimate of drug-likeness (QED) is 0.826. The molecule has 90 valence electrons. The van der Waals surface area contributed by atoms with Crippen molar-refractivity contribution in [2.24, 2.45) is 0 Å². The van der Waals surface area contributed by atoms with Crippen molar-refractivity contribution in [1.82, 2.24) is 5.32 Å².